The Labute approximate surface area is 96.6 Å². The zero-order chi connectivity index (χ0) is 11.7. The summed E-state index contributed by atoms with van der Waals surface area (Å²) < 4.78 is 5.41. The molecule has 0 radical (unpaired) electrons. The highest BCUT2D eigenvalue weighted by molar-refractivity contribution is 5.79. The predicted octanol–water partition coefficient (Wildman–Crippen LogP) is 0.641. The molecular weight excluding hydrogens is 206 g/mol. The Hall–Kier alpha value is -0.610. The van der Waals surface area contributed by atoms with Crippen molar-refractivity contribution >= 4 is 5.91 Å². The van der Waals surface area contributed by atoms with Gasteiger partial charge in [-0.15, -0.1) is 0 Å². The number of nitrogens with zero attached hydrogens (tertiary/aromatic N) is 1. The van der Waals surface area contributed by atoms with Crippen molar-refractivity contribution < 1.29 is 14.6 Å². The molecule has 0 bridgehead atoms. The number of amides is 1. The first-order valence-electron chi connectivity index (χ1n) is 6.12. The van der Waals surface area contributed by atoms with Crippen LogP contribution in [-0.2, 0) is 9.53 Å². The van der Waals surface area contributed by atoms with Crippen LogP contribution >= 0.6 is 0 Å². The van der Waals surface area contributed by atoms with Crippen molar-refractivity contribution in [1.29, 1.82) is 0 Å². The van der Waals surface area contributed by atoms with Gasteiger partial charge < -0.3 is 14.7 Å². The lowest BCUT2D eigenvalue weighted by atomic mass is 9.82. The van der Waals surface area contributed by atoms with Gasteiger partial charge in [0.1, 0.15) is 0 Å². The summed E-state index contributed by atoms with van der Waals surface area (Å²) in [5.41, 5.74) is 0. The summed E-state index contributed by atoms with van der Waals surface area (Å²) >= 11 is 0. The van der Waals surface area contributed by atoms with Crippen LogP contribution in [0.2, 0.25) is 0 Å². The number of aliphatic hydroxyl groups is 1. The smallest absolute Gasteiger partial charge is 0.228 e. The molecule has 2 aliphatic rings. The van der Waals surface area contributed by atoms with E-state index in [4.69, 9.17) is 4.74 Å². The molecule has 0 aromatic heterocycles. The highest BCUT2D eigenvalue weighted by atomic mass is 16.5. The molecule has 2 atom stereocenters. The van der Waals surface area contributed by atoms with E-state index in [2.05, 4.69) is 0 Å². The third-order valence-corrected chi connectivity index (χ3v) is 3.81. The van der Waals surface area contributed by atoms with Crippen molar-refractivity contribution in [2.24, 2.45) is 11.8 Å². The van der Waals surface area contributed by atoms with E-state index in [9.17, 15) is 9.90 Å². The summed E-state index contributed by atoms with van der Waals surface area (Å²) in [4.78, 5) is 13.9. The first-order valence-corrected chi connectivity index (χ1v) is 6.12. The Kier molecular flexibility index (Phi) is 3.50. The van der Waals surface area contributed by atoms with Crippen LogP contribution < -0.4 is 0 Å². The van der Waals surface area contributed by atoms with E-state index in [1.165, 1.54) is 0 Å². The van der Waals surface area contributed by atoms with Gasteiger partial charge in [0, 0.05) is 20.2 Å². The van der Waals surface area contributed by atoms with E-state index in [1.807, 2.05) is 18.9 Å². The van der Waals surface area contributed by atoms with Gasteiger partial charge in [0.05, 0.1) is 18.1 Å². The first-order chi connectivity index (χ1) is 7.58. The fraction of sp³-hybridized carbons (Fsp3) is 0.917. The topological polar surface area (TPSA) is 49.8 Å². The van der Waals surface area contributed by atoms with Crippen LogP contribution in [0.1, 0.15) is 26.2 Å². The minimum atomic E-state index is -0.137. The van der Waals surface area contributed by atoms with Gasteiger partial charge in [-0.25, -0.2) is 0 Å². The molecule has 0 aromatic carbocycles. The van der Waals surface area contributed by atoms with Crippen molar-refractivity contribution in [3.05, 3.63) is 0 Å². The highest BCUT2D eigenvalue weighted by Gasteiger charge is 2.35. The fourth-order valence-corrected chi connectivity index (χ4v) is 2.67. The minimum absolute atomic E-state index is 0.0370. The first kappa shape index (κ1) is 11.9. The molecule has 1 saturated heterocycles. The summed E-state index contributed by atoms with van der Waals surface area (Å²) in [6, 6.07) is 0. The number of rotatable bonds is 3. The number of hydrogen-bond acceptors (Lipinski definition) is 3. The van der Waals surface area contributed by atoms with E-state index in [1.54, 1.807) is 0 Å². The van der Waals surface area contributed by atoms with E-state index in [-0.39, 0.29) is 24.0 Å². The third kappa shape index (κ3) is 2.38. The van der Waals surface area contributed by atoms with E-state index >= 15 is 0 Å². The number of aliphatic hydroxyl groups excluding tert-OH is 1. The van der Waals surface area contributed by atoms with Gasteiger partial charge in [0.25, 0.3) is 0 Å². The number of carbonyl (C=O) groups excluding carboxylic acids is 1. The molecule has 2 unspecified atom stereocenters. The average molecular weight is 227 g/mol. The molecule has 4 heteroatoms. The van der Waals surface area contributed by atoms with Gasteiger partial charge in [-0.3, -0.25) is 4.79 Å². The highest BCUT2D eigenvalue weighted by Crippen LogP contribution is 2.29. The SMILES string of the molecule is CC1OCCC1C(=O)N(C)CC1CC(O)C1. The normalized spacial score (nSPS) is 38.2. The zero-order valence-electron chi connectivity index (χ0n) is 10.1. The van der Waals surface area contributed by atoms with Gasteiger partial charge in [0.15, 0.2) is 0 Å². The lowest BCUT2D eigenvalue weighted by Crippen LogP contribution is -2.42. The number of carbonyl (C=O) groups is 1. The molecule has 16 heavy (non-hydrogen) atoms. The second-order valence-corrected chi connectivity index (χ2v) is 5.18. The van der Waals surface area contributed by atoms with Crippen LogP contribution in [-0.4, -0.2) is 48.3 Å². The van der Waals surface area contributed by atoms with Crippen molar-refractivity contribution in [2.75, 3.05) is 20.2 Å². The summed E-state index contributed by atoms with van der Waals surface area (Å²) in [6.07, 6.45) is 2.45. The van der Waals surface area contributed by atoms with Crippen LogP contribution in [0.4, 0.5) is 0 Å². The lowest BCUT2D eigenvalue weighted by molar-refractivity contribution is -0.137. The molecule has 1 aliphatic carbocycles. The second-order valence-electron chi connectivity index (χ2n) is 5.18. The third-order valence-electron chi connectivity index (χ3n) is 3.81. The molecule has 4 nitrogen and oxygen atoms in total. The molecule has 1 amide bonds. The lowest BCUT2D eigenvalue weighted by Gasteiger charge is -2.35. The molecule has 0 aromatic rings. The summed E-state index contributed by atoms with van der Waals surface area (Å²) in [6.45, 7) is 3.45. The maximum Gasteiger partial charge on any atom is 0.228 e. The van der Waals surface area contributed by atoms with Gasteiger partial charge in [-0.05, 0) is 32.1 Å². The Morgan fingerprint density at radius 3 is 2.69 bits per heavy atom. The second kappa shape index (κ2) is 4.72. The Morgan fingerprint density at radius 2 is 2.19 bits per heavy atom. The summed E-state index contributed by atoms with van der Waals surface area (Å²) in [7, 11) is 1.86. The van der Waals surface area contributed by atoms with Crippen LogP contribution in [0.3, 0.4) is 0 Å². The van der Waals surface area contributed by atoms with Gasteiger partial charge in [-0.2, -0.15) is 0 Å². The van der Waals surface area contributed by atoms with E-state index in [0.717, 1.165) is 25.8 Å². The van der Waals surface area contributed by atoms with Crippen LogP contribution in [0.25, 0.3) is 0 Å². The Morgan fingerprint density at radius 1 is 1.50 bits per heavy atom. The molecular formula is C12H21NO3. The van der Waals surface area contributed by atoms with E-state index < -0.39 is 0 Å². The minimum Gasteiger partial charge on any atom is -0.393 e. The number of hydrogen-bond donors (Lipinski definition) is 1. The molecule has 1 aliphatic heterocycles. The van der Waals surface area contributed by atoms with E-state index in [0.29, 0.717) is 12.5 Å². The fourth-order valence-electron chi connectivity index (χ4n) is 2.67. The molecule has 1 heterocycles. The summed E-state index contributed by atoms with van der Waals surface area (Å²) in [5.74, 6) is 0.725. The van der Waals surface area contributed by atoms with Gasteiger partial charge >= 0.3 is 0 Å². The Bertz CT molecular complexity index is 263. The quantitative estimate of drug-likeness (QED) is 0.770. The maximum absolute atomic E-state index is 12.1. The zero-order valence-corrected chi connectivity index (χ0v) is 10.1. The molecule has 2 fully saturated rings. The predicted molar refractivity (Wildman–Crippen MR) is 59.9 cm³/mol. The van der Waals surface area contributed by atoms with Crippen molar-refractivity contribution in [3.8, 4) is 0 Å². The van der Waals surface area contributed by atoms with Gasteiger partial charge in [0.2, 0.25) is 5.91 Å². The standard InChI is InChI=1S/C12H21NO3/c1-8-11(3-4-16-8)12(15)13(2)7-9-5-10(14)6-9/h8-11,14H,3-7H2,1-2H3. The number of ether oxygens (including phenoxy) is 1. The molecule has 2 rings (SSSR count). The van der Waals surface area contributed by atoms with Crippen LogP contribution in [0, 0.1) is 11.8 Å². The largest absolute Gasteiger partial charge is 0.393 e. The van der Waals surface area contributed by atoms with Crippen molar-refractivity contribution in [3.63, 3.8) is 0 Å². The van der Waals surface area contributed by atoms with Crippen molar-refractivity contribution in [2.45, 2.75) is 38.4 Å². The molecule has 92 valence electrons. The monoisotopic (exact) mass is 227 g/mol. The molecule has 1 N–H and O–H groups in total. The summed E-state index contributed by atoms with van der Waals surface area (Å²) in [5, 5.41) is 9.20. The van der Waals surface area contributed by atoms with Crippen LogP contribution in [0.15, 0.2) is 0 Å². The molecule has 1 saturated carbocycles. The Balaban J connectivity index is 1.80. The van der Waals surface area contributed by atoms with Crippen LogP contribution in [0.5, 0.6) is 0 Å². The molecule has 0 spiro atoms. The van der Waals surface area contributed by atoms with Gasteiger partial charge in [-0.1, -0.05) is 0 Å². The average Bonchev–Trinajstić information content (AvgIpc) is 2.61. The van der Waals surface area contributed by atoms with Crippen molar-refractivity contribution in [1.82, 2.24) is 4.90 Å². The maximum atomic E-state index is 12.1.